The van der Waals surface area contributed by atoms with Crippen LogP contribution in [0.3, 0.4) is 0 Å². The molecule has 0 spiro atoms. The molecule has 2 heterocycles. The van der Waals surface area contributed by atoms with Gasteiger partial charge < -0.3 is 15.8 Å². The third kappa shape index (κ3) is 3.30. The lowest BCUT2D eigenvalue weighted by molar-refractivity contribution is 0.398. The Morgan fingerprint density at radius 2 is 2.22 bits per heavy atom. The van der Waals surface area contributed by atoms with Gasteiger partial charge in [0.2, 0.25) is 0 Å². The Bertz CT molecular complexity index is 502. The number of aryl methyl sites for hydroxylation is 1. The molecule has 0 aromatic carbocycles. The Labute approximate surface area is 109 Å². The molecule has 18 heavy (non-hydrogen) atoms. The highest BCUT2D eigenvalue weighted by atomic mass is 32.1. The van der Waals surface area contributed by atoms with Gasteiger partial charge in [-0.25, -0.2) is 15.0 Å². The van der Waals surface area contributed by atoms with Crippen LogP contribution in [0.2, 0.25) is 0 Å². The Balaban J connectivity index is 1.78. The molecule has 2 rings (SSSR count). The molecule has 0 atom stereocenters. The third-order valence-corrected chi connectivity index (χ3v) is 3.05. The standard InChI is InChI=1S/C11H15N5OS/c1-17-10-9(14-5-6-15-10)13-4-2-3-8-7-18-11(12)16-8/h5-7H,2-4H2,1H3,(H2,12,16)(H,13,14). The molecule has 0 aliphatic rings. The molecule has 0 bridgehead atoms. The van der Waals surface area contributed by atoms with Crippen molar-refractivity contribution in [2.75, 3.05) is 24.7 Å². The number of nitrogen functional groups attached to an aromatic ring is 1. The molecule has 7 heteroatoms. The smallest absolute Gasteiger partial charge is 0.257 e. The summed E-state index contributed by atoms with van der Waals surface area (Å²) in [6.45, 7) is 0.784. The Hall–Kier alpha value is -1.89. The van der Waals surface area contributed by atoms with Crippen LogP contribution in [-0.4, -0.2) is 28.6 Å². The predicted octanol–water partition coefficient (Wildman–Crippen LogP) is 1.57. The van der Waals surface area contributed by atoms with Gasteiger partial charge in [-0.15, -0.1) is 11.3 Å². The van der Waals surface area contributed by atoms with E-state index in [1.54, 1.807) is 19.5 Å². The van der Waals surface area contributed by atoms with E-state index in [0.29, 0.717) is 16.8 Å². The van der Waals surface area contributed by atoms with E-state index < -0.39 is 0 Å². The van der Waals surface area contributed by atoms with Crippen molar-refractivity contribution in [2.24, 2.45) is 0 Å². The number of hydrogen-bond acceptors (Lipinski definition) is 7. The molecule has 0 radical (unpaired) electrons. The average Bonchev–Trinajstić information content (AvgIpc) is 2.81. The minimum Gasteiger partial charge on any atom is -0.478 e. The van der Waals surface area contributed by atoms with Crippen LogP contribution in [0.15, 0.2) is 17.8 Å². The van der Waals surface area contributed by atoms with Gasteiger partial charge in [-0.05, 0) is 12.8 Å². The topological polar surface area (TPSA) is 86.0 Å². The number of aromatic nitrogens is 3. The van der Waals surface area contributed by atoms with Gasteiger partial charge >= 0.3 is 0 Å². The Morgan fingerprint density at radius 3 is 2.94 bits per heavy atom. The quantitative estimate of drug-likeness (QED) is 0.771. The second-order valence-electron chi connectivity index (χ2n) is 3.62. The molecule has 96 valence electrons. The Morgan fingerprint density at radius 1 is 1.39 bits per heavy atom. The number of hydrogen-bond donors (Lipinski definition) is 2. The first-order valence-corrected chi connectivity index (χ1v) is 6.46. The minimum absolute atomic E-state index is 0.510. The van der Waals surface area contributed by atoms with Crippen molar-refractivity contribution in [1.29, 1.82) is 0 Å². The monoisotopic (exact) mass is 265 g/mol. The van der Waals surface area contributed by atoms with Gasteiger partial charge in [0.25, 0.3) is 5.88 Å². The first-order chi connectivity index (χ1) is 8.79. The minimum atomic E-state index is 0.510. The second kappa shape index (κ2) is 6.15. The predicted molar refractivity (Wildman–Crippen MR) is 71.9 cm³/mol. The van der Waals surface area contributed by atoms with E-state index >= 15 is 0 Å². The Kier molecular flexibility index (Phi) is 4.30. The number of nitrogens with two attached hydrogens (primary N) is 1. The van der Waals surface area contributed by atoms with Crippen molar-refractivity contribution < 1.29 is 4.74 Å². The van der Waals surface area contributed by atoms with Gasteiger partial charge in [0, 0.05) is 24.3 Å². The molecule has 0 fully saturated rings. The van der Waals surface area contributed by atoms with E-state index in [0.717, 1.165) is 25.1 Å². The number of nitrogens with zero attached hydrogens (tertiary/aromatic N) is 3. The van der Waals surface area contributed by atoms with Crippen LogP contribution in [0.1, 0.15) is 12.1 Å². The summed E-state index contributed by atoms with van der Waals surface area (Å²) in [5, 5.41) is 5.79. The summed E-state index contributed by atoms with van der Waals surface area (Å²) < 4.78 is 5.10. The van der Waals surface area contributed by atoms with Crippen molar-refractivity contribution >= 4 is 22.3 Å². The van der Waals surface area contributed by atoms with Crippen molar-refractivity contribution in [3.63, 3.8) is 0 Å². The first kappa shape index (κ1) is 12.6. The highest BCUT2D eigenvalue weighted by Crippen LogP contribution is 2.16. The number of thiazole rings is 1. The van der Waals surface area contributed by atoms with Crippen molar-refractivity contribution in [3.8, 4) is 5.88 Å². The second-order valence-corrected chi connectivity index (χ2v) is 4.51. The normalized spacial score (nSPS) is 10.3. The van der Waals surface area contributed by atoms with Crippen LogP contribution in [-0.2, 0) is 6.42 Å². The fraction of sp³-hybridized carbons (Fsp3) is 0.364. The number of nitrogens with one attached hydrogen (secondary N) is 1. The number of anilines is 2. The fourth-order valence-corrected chi connectivity index (χ4v) is 2.11. The maximum Gasteiger partial charge on any atom is 0.257 e. The van der Waals surface area contributed by atoms with Crippen molar-refractivity contribution in [3.05, 3.63) is 23.5 Å². The van der Waals surface area contributed by atoms with E-state index in [-0.39, 0.29) is 0 Å². The summed E-state index contributed by atoms with van der Waals surface area (Å²) in [6, 6.07) is 0. The SMILES string of the molecule is COc1nccnc1NCCCc1csc(N)n1. The zero-order chi connectivity index (χ0) is 12.8. The summed E-state index contributed by atoms with van der Waals surface area (Å²) >= 11 is 1.47. The van der Waals surface area contributed by atoms with Gasteiger partial charge in [-0.1, -0.05) is 0 Å². The van der Waals surface area contributed by atoms with Crippen LogP contribution in [0, 0.1) is 0 Å². The maximum atomic E-state index is 5.57. The van der Waals surface area contributed by atoms with Crippen LogP contribution < -0.4 is 15.8 Å². The van der Waals surface area contributed by atoms with E-state index in [4.69, 9.17) is 10.5 Å². The molecular formula is C11H15N5OS. The van der Waals surface area contributed by atoms with E-state index in [1.807, 2.05) is 5.38 Å². The lowest BCUT2D eigenvalue weighted by atomic mass is 10.2. The molecular weight excluding hydrogens is 250 g/mol. The lowest BCUT2D eigenvalue weighted by Gasteiger charge is -2.07. The van der Waals surface area contributed by atoms with Crippen LogP contribution in [0.25, 0.3) is 0 Å². The van der Waals surface area contributed by atoms with Gasteiger partial charge in [0.05, 0.1) is 12.8 Å². The number of rotatable bonds is 6. The zero-order valence-electron chi connectivity index (χ0n) is 10.1. The molecule has 0 aliphatic carbocycles. The van der Waals surface area contributed by atoms with Gasteiger partial charge in [-0.2, -0.15) is 0 Å². The van der Waals surface area contributed by atoms with Crippen LogP contribution >= 0.6 is 11.3 Å². The third-order valence-electron chi connectivity index (χ3n) is 2.33. The highest BCUT2D eigenvalue weighted by molar-refractivity contribution is 7.13. The molecule has 2 aromatic heterocycles. The lowest BCUT2D eigenvalue weighted by Crippen LogP contribution is -2.07. The van der Waals surface area contributed by atoms with Gasteiger partial charge in [-0.3, -0.25) is 0 Å². The largest absolute Gasteiger partial charge is 0.478 e. The fourth-order valence-electron chi connectivity index (χ4n) is 1.51. The van der Waals surface area contributed by atoms with E-state index in [2.05, 4.69) is 20.3 Å². The summed E-state index contributed by atoms with van der Waals surface area (Å²) in [7, 11) is 1.58. The molecule has 6 nitrogen and oxygen atoms in total. The van der Waals surface area contributed by atoms with Gasteiger partial charge in [0.1, 0.15) is 0 Å². The van der Waals surface area contributed by atoms with Crippen LogP contribution in [0.4, 0.5) is 10.9 Å². The molecule has 0 saturated carbocycles. The molecule has 0 aliphatic heterocycles. The summed E-state index contributed by atoms with van der Waals surface area (Å²) in [6.07, 6.45) is 5.07. The summed E-state index contributed by atoms with van der Waals surface area (Å²) in [5.41, 5.74) is 6.60. The zero-order valence-corrected chi connectivity index (χ0v) is 10.9. The maximum absolute atomic E-state index is 5.57. The number of methoxy groups -OCH3 is 1. The van der Waals surface area contributed by atoms with E-state index in [9.17, 15) is 0 Å². The number of ether oxygens (including phenoxy) is 1. The van der Waals surface area contributed by atoms with Crippen molar-refractivity contribution in [1.82, 2.24) is 15.0 Å². The molecule has 0 amide bonds. The molecule has 0 unspecified atom stereocenters. The first-order valence-electron chi connectivity index (χ1n) is 5.58. The molecule has 3 N–H and O–H groups in total. The highest BCUT2D eigenvalue weighted by Gasteiger charge is 2.04. The average molecular weight is 265 g/mol. The van der Waals surface area contributed by atoms with E-state index in [1.165, 1.54) is 11.3 Å². The van der Waals surface area contributed by atoms with Crippen LogP contribution in [0.5, 0.6) is 5.88 Å². The molecule has 0 saturated heterocycles. The van der Waals surface area contributed by atoms with Crippen molar-refractivity contribution in [2.45, 2.75) is 12.8 Å². The summed E-state index contributed by atoms with van der Waals surface area (Å²) in [4.78, 5) is 12.4. The van der Waals surface area contributed by atoms with Gasteiger partial charge in [0.15, 0.2) is 10.9 Å². The molecule has 2 aromatic rings. The summed E-state index contributed by atoms with van der Waals surface area (Å²) in [5.74, 6) is 1.17.